The largest absolute Gasteiger partial charge is 0.345 e. The fraction of sp³-hybridized carbons (Fsp3) is 0.286. The van der Waals surface area contributed by atoms with Gasteiger partial charge < -0.3 is 4.90 Å². The molecule has 0 unspecified atom stereocenters. The van der Waals surface area contributed by atoms with Crippen LogP contribution in [0.5, 0.6) is 0 Å². The van der Waals surface area contributed by atoms with Gasteiger partial charge in [-0.15, -0.1) is 0 Å². The fourth-order valence-electron chi connectivity index (χ4n) is 1.98. The standard InChI is InChI=1S/C14H16F2N4O3S/c1-19(2)14(21)9-4-6-10(7-5-9)24(22,23)18-11-8-20(3)17-12(11)13(15)16/h4-8,13,18H,1-3H3. The van der Waals surface area contributed by atoms with Gasteiger partial charge in [0.15, 0.2) is 5.69 Å². The molecule has 0 aliphatic rings. The van der Waals surface area contributed by atoms with Crippen molar-refractivity contribution >= 4 is 21.6 Å². The minimum atomic E-state index is -4.08. The first-order valence-electron chi connectivity index (χ1n) is 6.78. The van der Waals surface area contributed by atoms with E-state index in [4.69, 9.17) is 0 Å². The molecule has 10 heteroatoms. The van der Waals surface area contributed by atoms with Gasteiger partial charge in [-0.05, 0) is 24.3 Å². The zero-order chi connectivity index (χ0) is 18.1. The maximum absolute atomic E-state index is 12.9. The number of anilines is 1. The number of hydrogen-bond donors (Lipinski definition) is 1. The van der Waals surface area contributed by atoms with E-state index in [1.807, 2.05) is 0 Å². The average Bonchev–Trinajstić information content (AvgIpc) is 2.86. The molecule has 0 radical (unpaired) electrons. The van der Waals surface area contributed by atoms with Crippen LogP contribution in [-0.2, 0) is 17.1 Å². The number of aromatic nitrogens is 2. The van der Waals surface area contributed by atoms with Gasteiger partial charge in [-0.2, -0.15) is 5.10 Å². The zero-order valence-corrected chi connectivity index (χ0v) is 14.0. The Bertz CT molecular complexity index is 845. The molecular formula is C14H16F2N4O3S. The van der Waals surface area contributed by atoms with Crippen LogP contribution in [0, 0.1) is 0 Å². The van der Waals surface area contributed by atoms with Crippen molar-refractivity contribution in [2.75, 3.05) is 18.8 Å². The Labute approximate surface area is 137 Å². The molecule has 0 fully saturated rings. The minimum Gasteiger partial charge on any atom is -0.345 e. The minimum absolute atomic E-state index is 0.151. The smallest absolute Gasteiger partial charge is 0.284 e. The summed E-state index contributed by atoms with van der Waals surface area (Å²) in [6, 6.07) is 5.18. The van der Waals surface area contributed by atoms with Crippen molar-refractivity contribution in [1.82, 2.24) is 14.7 Å². The highest BCUT2D eigenvalue weighted by Gasteiger charge is 2.23. The van der Waals surface area contributed by atoms with Crippen LogP contribution in [0.4, 0.5) is 14.5 Å². The quantitative estimate of drug-likeness (QED) is 0.884. The first-order valence-corrected chi connectivity index (χ1v) is 8.26. The molecule has 24 heavy (non-hydrogen) atoms. The molecule has 0 aliphatic heterocycles. The van der Waals surface area contributed by atoms with Crippen molar-refractivity contribution in [3.05, 3.63) is 41.7 Å². The molecule has 0 saturated heterocycles. The molecule has 2 rings (SSSR count). The Morgan fingerprint density at radius 1 is 1.25 bits per heavy atom. The molecule has 130 valence electrons. The summed E-state index contributed by atoms with van der Waals surface area (Å²) < 4.78 is 53.6. The normalized spacial score (nSPS) is 11.6. The number of nitrogens with one attached hydrogen (secondary N) is 1. The molecule has 0 aliphatic carbocycles. The lowest BCUT2D eigenvalue weighted by atomic mass is 10.2. The molecule has 1 aromatic carbocycles. The Kier molecular flexibility index (Phi) is 4.88. The first-order chi connectivity index (χ1) is 11.1. The van der Waals surface area contributed by atoms with Gasteiger partial charge in [0.05, 0.1) is 10.6 Å². The monoisotopic (exact) mass is 358 g/mol. The highest BCUT2D eigenvalue weighted by molar-refractivity contribution is 7.92. The fourth-order valence-corrected chi connectivity index (χ4v) is 3.04. The number of sulfonamides is 1. The molecule has 1 aromatic heterocycles. The van der Waals surface area contributed by atoms with E-state index in [0.717, 1.165) is 10.9 Å². The number of hydrogen-bond acceptors (Lipinski definition) is 4. The summed E-state index contributed by atoms with van der Waals surface area (Å²) in [6.45, 7) is 0. The average molecular weight is 358 g/mol. The lowest BCUT2D eigenvalue weighted by Crippen LogP contribution is -2.21. The van der Waals surface area contributed by atoms with Gasteiger partial charge in [0.1, 0.15) is 0 Å². The lowest BCUT2D eigenvalue weighted by molar-refractivity contribution is 0.0827. The number of amides is 1. The maximum atomic E-state index is 12.9. The maximum Gasteiger partial charge on any atom is 0.284 e. The van der Waals surface area contributed by atoms with Crippen molar-refractivity contribution < 1.29 is 22.0 Å². The van der Waals surface area contributed by atoms with Crippen LogP contribution in [0.1, 0.15) is 22.5 Å². The van der Waals surface area contributed by atoms with Gasteiger partial charge in [0, 0.05) is 32.9 Å². The second-order valence-electron chi connectivity index (χ2n) is 5.23. The molecule has 0 bridgehead atoms. The molecule has 1 heterocycles. The molecule has 0 atom stereocenters. The van der Waals surface area contributed by atoms with Gasteiger partial charge >= 0.3 is 0 Å². The molecule has 0 spiro atoms. The number of aryl methyl sites for hydroxylation is 1. The van der Waals surface area contributed by atoms with Gasteiger partial charge in [0.25, 0.3) is 22.4 Å². The van der Waals surface area contributed by atoms with E-state index in [0.29, 0.717) is 5.56 Å². The van der Waals surface area contributed by atoms with Crippen molar-refractivity contribution in [3.63, 3.8) is 0 Å². The van der Waals surface area contributed by atoms with Crippen LogP contribution < -0.4 is 4.72 Å². The molecule has 2 aromatic rings. The van der Waals surface area contributed by atoms with Crippen molar-refractivity contribution in [2.24, 2.45) is 7.05 Å². The molecular weight excluding hydrogens is 342 g/mol. The van der Waals surface area contributed by atoms with Crippen LogP contribution >= 0.6 is 0 Å². The Balaban J connectivity index is 2.30. The molecule has 1 N–H and O–H groups in total. The third-order valence-electron chi connectivity index (χ3n) is 3.13. The summed E-state index contributed by atoms with van der Waals surface area (Å²) in [7, 11) is 0.472. The Morgan fingerprint density at radius 2 is 1.83 bits per heavy atom. The predicted molar refractivity (Wildman–Crippen MR) is 83.4 cm³/mol. The van der Waals surface area contributed by atoms with Gasteiger partial charge in [-0.25, -0.2) is 17.2 Å². The van der Waals surface area contributed by atoms with Crippen LogP contribution in [0.15, 0.2) is 35.4 Å². The Morgan fingerprint density at radius 3 is 2.33 bits per heavy atom. The van der Waals surface area contributed by atoms with E-state index in [1.165, 1.54) is 36.2 Å². The van der Waals surface area contributed by atoms with E-state index in [2.05, 4.69) is 9.82 Å². The van der Waals surface area contributed by atoms with Gasteiger partial charge in [-0.1, -0.05) is 0 Å². The zero-order valence-electron chi connectivity index (χ0n) is 13.2. The van der Waals surface area contributed by atoms with Crippen LogP contribution in [0.25, 0.3) is 0 Å². The number of rotatable bonds is 5. The van der Waals surface area contributed by atoms with Crippen molar-refractivity contribution in [1.29, 1.82) is 0 Å². The summed E-state index contributed by atoms with van der Waals surface area (Å²) in [6.07, 6.45) is -1.76. The van der Waals surface area contributed by atoms with Gasteiger partial charge in [-0.3, -0.25) is 14.2 Å². The number of nitrogens with zero attached hydrogens (tertiary/aromatic N) is 3. The van der Waals surface area contributed by atoms with E-state index in [9.17, 15) is 22.0 Å². The molecule has 7 nitrogen and oxygen atoms in total. The van der Waals surface area contributed by atoms with Gasteiger partial charge in [0.2, 0.25) is 0 Å². The van der Waals surface area contributed by atoms with Crippen molar-refractivity contribution in [3.8, 4) is 0 Å². The predicted octanol–water partition coefficient (Wildman–Crippen LogP) is 1.86. The summed E-state index contributed by atoms with van der Waals surface area (Å²) in [5.74, 6) is -0.279. The van der Waals surface area contributed by atoms with Crippen molar-refractivity contribution in [2.45, 2.75) is 11.3 Å². The third-order valence-corrected chi connectivity index (χ3v) is 4.51. The summed E-state index contributed by atoms with van der Waals surface area (Å²) >= 11 is 0. The number of carbonyl (C=O) groups is 1. The molecule has 1 amide bonds. The second-order valence-corrected chi connectivity index (χ2v) is 6.91. The van der Waals surface area contributed by atoms with Crippen LogP contribution in [0.3, 0.4) is 0 Å². The number of halogens is 2. The number of benzene rings is 1. The molecule has 0 saturated carbocycles. The summed E-state index contributed by atoms with van der Waals surface area (Å²) in [5.41, 5.74) is -0.630. The van der Waals surface area contributed by atoms with Crippen LogP contribution in [0.2, 0.25) is 0 Å². The second kappa shape index (κ2) is 6.56. The SMILES string of the molecule is CN(C)C(=O)c1ccc(S(=O)(=O)Nc2cn(C)nc2C(F)F)cc1. The van der Waals surface area contributed by atoms with E-state index >= 15 is 0 Å². The van der Waals surface area contributed by atoms with Crippen LogP contribution in [-0.4, -0.2) is 43.1 Å². The highest BCUT2D eigenvalue weighted by Crippen LogP contribution is 2.27. The van der Waals surface area contributed by atoms with E-state index in [1.54, 1.807) is 14.1 Å². The van der Waals surface area contributed by atoms with E-state index < -0.39 is 22.1 Å². The number of carbonyl (C=O) groups excluding carboxylic acids is 1. The summed E-state index contributed by atoms with van der Waals surface area (Å²) in [4.78, 5) is 13.0. The summed E-state index contributed by atoms with van der Waals surface area (Å²) in [5, 5.41) is 3.53. The topological polar surface area (TPSA) is 84.3 Å². The third kappa shape index (κ3) is 3.70. The van der Waals surface area contributed by atoms with E-state index in [-0.39, 0.29) is 16.5 Å². The highest BCUT2D eigenvalue weighted by atomic mass is 32.2. The lowest BCUT2D eigenvalue weighted by Gasteiger charge is -2.11. The first kappa shape index (κ1) is 17.9. The number of alkyl halides is 2. The Hall–Kier alpha value is -2.49.